The molecule has 33 heavy (non-hydrogen) atoms. The highest BCUT2D eigenvalue weighted by Crippen LogP contribution is 2.35. The average Bonchev–Trinajstić information content (AvgIpc) is 3.04. The molecule has 2 aliphatic rings. The molecular weight excluding hydrogens is 470 g/mol. The number of hydrogen-bond donors (Lipinski definition) is 2. The number of halogens is 1. The number of nitrogens with one attached hydrogen (secondary N) is 2. The number of carbonyl (C=O) groups is 1. The Hall–Kier alpha value is -2.53. The van der Waals surface area contributed by atoms with Crippen molar-refractivity contribution in [3.05, 3.63) is 41.4 Å². The summed E-state index contributed by atoms with van der Waals surface area (Å²) in [5.41, 5.74) is 1.32. The zero-order valence-corrected chi connectivity index (χ0v) is 19.6. The Morgan fingerprint density at radius 3 is 2.58 bits per heavy atom. The predicted octanol–water partition coefficient (Wildman–Crippen LogP) is 2.65. The quantitative estimate of drug-likeness (QED) is 0.608. The Bertz CT molecular complexity index is 1110. The minimum Gasteiger partial charge on any atom is -0.490 e. The van der Waals surface area contributed by atoms with Crippen molar-refractivity contribution in [2.24, 2.45) is 0 Å². The lowest BCUT2D eigenvalue weighted by atomic mass is 10.2. The predicted molar refractivity (Wildman–Crippen MR) is 125 cm³/mol. The zero-order valence-electron chi connectivity index (χ0n) is 18.0. The summed E-state index contributed by atoms with van der Waals surface area (Å²) in [7, 11) is -3.81. The monoisotopic (exact) mass is 495 g/mol. The molecule has 178 valence electrons. The Kier molecular flexibility index (Phi) is 7.59. The fraction of sp³-hybridized carbons (Fsp3) is 0.409. The van der Waals surface area contributed by atoms with Crippen molar-refractivity contribution in [1.29, 1.82) is 0 Å². The van der Waals surface area contributed by atoms with Crippen LogP contribution in [0.25, 0.3) is 0 Å². The molecule has 1 saturated heterocycles. The largest absolute Gasteiger partial charge is 0.490 e. The summed E-state index contributed by atoms with van der Waals surface area (Å²) in [5.74, 6) is 0.585. The van der Waals surface area contributed by atoms with Gasteiger partial charge in [-0.05, 0) is 24.3 Å². The topological polar surface area (TPSA) is 106 Å². The summed E-state index contributed by atoms with van der Waals surface area (Å²) in [4.78, 5) is 14.7. The standard InChI is InChI=1S/C22H26ClN3O6S/c23-17-3-1-4-18(22(17)26-9-13-30-14-10-26)25-21(27)7-8-24-33(28,29)16-5-6-19-20(15-16)32-12-2-11-31-19/h1,3-6,15,24H,2,7-14H2,(H,25,27). The number of para-hydroxylation sites is 1. The summed E-state index contributed by atoms with van der Waals surface area (Å²) in [6.07, 6.45) is 0.683. The van der Waals surface area contributed by atoms with Crippen LogP contribution in [0.5, 0.6) is 11.5 Å². The molecule has 0 saturated carbocycles. The van der Waals surface area contributed by atoms with E-state index < -0.39 is 10.0 Å². The molecule has 4 rings (SSSR count). The molecule has 0 bridgehead atoms. The number of ether oxygens (including phenoxy) is 3. The van der Waals surface area contributed by atoms with Gasteiger partial charge in [0.15, 0.2) is 11.5 Å². The van der Waals surface area contributed by atoms with Crippen LogP contribution >= 0.6 is 11.6 Å². The number of anilines is 2. The van der Waals surface area contributed by atoms with Crippen LogP contribution in [-0.4, -0.2) is 60.4 Å². The first kappa shape index (κ1) is 23.6. The molecule has 0 spiro atoms. The minimum absolute atomic E-state index is 0.0428. The van der Waals surface area contributed by atoms with Gasteiger partial charge in [0.25, 0.3) is 0 Å². The third-order valence-electron chi connectivity index (χ3n) is 5.26. The summed E-state index contributed by atoms with van der Waals surface area (Å²) >= 11 is 6.39. The van der Waals surface area contributed by atoms with E-state index in [1.165, 1.54) is 12.1 Å². The Morgan fingerprint density at radius 1 is 1.03 bits per heavy atom. The van der Waals surface area contributed by atoms with Gasteiger partial charge in [-0.3, -0.25) is 4.79 Å². The molecule has 2 aliphatic heterocycles. The number of fused-ring (bicyclic) bond motifs is 1. The van der Waals surface area contributed by atoms with Crippen LogP contribution in [0.2, 0.25) is 5.02 Å². The smallest absolute Gasteiger partial charge is 0.240 e. The van der Waals surface area contributed by atoms with Crippen LogP contribution in [0.15, 0.2) is 41.3 Å². The second-order valence-electron chi connectivity index (χ2n) is 7.59. The lowest BCUT2D eigenvalue weighted by Gasteiger charge is -2.31. The van der Waals surface area contributed by atoms with E-state index in [9.17, 15) is 13.2 Å². The van der Waals surface area contributed by atoms with E-state index >= 15 is 0 Å². The Labute approximate surface area is 198 Å². The van der Waals surface area contributed by atoms with E-state index in [4.69, 9.17) is 25.8 Å². The van der Waals surface area contributed by atoms with E-state index in [0.717, 1.165) is 12.1 Å². The number of rotatable bonds is 7. The number of sulfonamides is 1. The minimum atomic E-state index is -3.81. The summed E-state index contributed by atoms with van der Waals surface area (Å²) in [5, 5.41) is 3.38. The third-order valence-corrected chi connectivity index (χ3v) is 7.03. The van der Waals surface area contributed by atoms with Gasteiger partial charge >= 0.3 is 0 Å². The molecule has 0 atom stereocenters. The van der Waals surface area contributed by atoms with Gasteiger partial charge < -0.3 is 24.4 Å². The van der Waals surface area contributed by atoms with Crippen molar-refractivity contribution in [1.82, 2.24) is 4.72 Å². The van der Waals surface area contributed by atoms with E-state index in [1.807, 2.05) is 0 Å². The number of carbonyl (C=O) groups excluding carboxylic acids is 1. The van der Waals surface area contributed by atoms with Gasteiger partial charge in [0, 0.05) is 38.5 Å². The molecule has 2 heterocycles. The van der Waals surface area contributed by atoms with E-state index in [-0.39, 0.29) is 23.8 Å². The van der Waals surface area contributed by atoms with Crippen molar-refractivity contribution in [2.75, 3.05) is 56.3 Å². The van der Waals surface area contributed by atoms with Crippen LogP contribution in [0.4, 0.5) is 11.4 Å². The molecule has 1 fully saturated rings. The first-order valence-corrected chi connectivity index (χ1v) is 12.6. The summed E-state index contributed by atoms with van der Waals surface area (Å²) < 4.78 is 44.3. The van der Waals surface area contributed by atoms with Gasteiger partial charge in [-0.15, -0.1) is 0 Å². The van der Waals surface area contributed by atoms with Gasteiger partial charge in [0.05, 0.1) is 47.7 Å². The van der Waals surface area contributed by atoms with Crippen molar-refractivity contribution in [3.8, 4) is 11.5 Å². The molecule has 11 heteroatoms. The van der Waals surface area contributed by atoms with Gasteiger partial charge in [-0.25, -0.2) is 13.1 Å². The fourth-order valence-electron chi connectivity index (χ4n) is 3.63. The molecule has 9 nitrogen and oxygen atoms in total. The lowest BCUT2D eigenvalue weighted by molar-refractivity contribution is -0.116. The van der Waals surface area contributed by atoms with Crippen molar-refractivity contribution < 1.29 is 27.4 Å². The van der Waals surface area contributed by atoms with Crippen molar-refractivity contribution in [3.63, 3.8) is 0 Å². The normalized spacial score (nSPS) is 16.2. The van der Waals surface area contributed by atoms with Crippen LogP contribution in [0.1, 0.15) is 12.8 Å². The number of amides is 1. The molecule has 2 N–H and O–H groups in total. The van der Waals surface area contributed by atoms with Gasteiger partial charge in [-0.2, -0.15) is 0 Å². The number of nitrogens with zero attached hydrogens (tertiary/aromatic N) is 1. The van der Waals surface area contributed by atoms with Crippen molar-refractivity contribution >= 4 is 38.9 Å². The van der Waals surface area contributed by atoms with E-state index in [0.29, 0.717) is 61.7 Å². The maximum atomic E-state index is 12.7. The van der Waals surface area contributed by atoms with Crippen LogP contribution in [-0.2, 0) is 19.6 Å². The van der Waals surface area contributed by atoms with Crippen LogP contribution < -0.4 is 24.4 Å². The summed E-state index contributed by atoms with van der Waals surface area (Å²) in [6.45, 7) is 3.42. The highest BCUT2D eigenvalue weighted by atomic mass is 35.5. The highest BCUT2D eigenvalue weighted by molar-refractivity contribution is 7.89. The SMILES string of the molecule is O=C(CCNS(=O)(=O)c1ccc2c(c1)OCCCO2)Nc1cccc(Cl)c1N1CCOCC1. The second kappa shape index (κ2) is 10.6. The summed E-state index contributed by atoms with van der Waals surface area (Å²) in [6, 6.07) is 9.77. The lowest BCUT2D eigenvalue weighted by Crippen LogP contribution is -2.37. The first-order chi connectivity index (χ1) is 15.9. The third kappa shape index (κ3) is 5.89. The molecule has 0 aliphatic carbocycles. The Morgan fingerprint density at radius 2 is 1.79 bits per heavy atom. The fourth-order valence-corrected chi connectivity index (χ4v) is 4.97. The van der Waals surface area contributed by atoms with Crippen LogP contribution in [0.3, 0.4) is 0 Å². The van der Waals surface area contributed by atoms with Crippen molar-refractivity contribution in [2.45, 2.75) is 17.7 Å². The van der Waals surface area contributed by atoms with Gasteiger partial charge in [0.2, 0.25) is 15.9 Å². The molecule has 1 amide bonds. The first-order valence-electron chi connectivity index (χ1n) is 10.7. The molecule has 0 radical (unpaired) electrons. The van der Waals surface area contributed by atoms with Gasteiger partial charge in [0.1, 0.15) is 0 Å². The maximum Gasteiger partial charge on any atom is 0.240 e. The molecular formula is C22H26ClN3O6S. The molecule has 0 unspecified atom stereocenters. The molecule has 0 aromatic heterocycles. The van der Waals surface area contributed by atoms with Gasteiger partial charge in [-0.1, -0.05) is 17.7 Å². The number of benzene rings is 2. The highest BCUT2D eigenvalue weighted by Gasteiger charge is 2.21. The average molecular weight is 496 g/mol. The van der Waals surface area contributed by atoms with E-state index in [2.05, 4.69) is 14.9 Å². The maximum absolute atomic E-state index is 12.7. The van der Waals surface area contributed by atoms with E-state index in [1.54, 1.807) is 24.3 Å². The molecule has 2 aromatic rings. The second-order valence-corrected chi connectivity index (χ2v) is 9.76. The molecule has 2 aromatic carbocycles. The number of hydrogen-bond acceptors (Lipinski definition) is 7. The zero-order chi connectivity index (χ0) is 23.3. The number of morpholine rings is 1. The van der Waals surface area contributed by atoms with Crippen LogP contribution in [0, 0.1) is 0 Å². The Balaban J connectivity index is 1.36.